The third-order valence-electron chi connectivity index (χ3n) is 3.37. The number of aromatic nitrogens is 2. The molecule has 0 bridgehead atoms. The molecular weight excluding hydrogens is 264 g/mol. The fourth-order valence-corrected chi connectivity index (χ4v) is 2.59. The van der Waals surface area contributed by atoms with Gasteiger partial charge in [-0.25, -0.2) is 4.98 Å². The summed E-state index contributed by atoms with van der Waals surface area (Å²) in [5, 5.41) is 0. The van der Waals surface area contributed by atoms with E-state index in [4.69, 9.17) is 9.72 Å². The summed E-state index contributed by atoms with van der Waals surface area (Å²) < 4.78 is 7.32. The van der Waals surface area contributed by atoms with Crippen LogP contribution in [-0.4, -0.2) is 21.6 Å². The average Bonchev–Trinajstić information content (AvgIpc) is 2.66. The molecular formula is C17H22N2O2. The Morgan fingerprint density at radius 2 is 1.86 bits per heavy atom. The second-order valence-corrected chi connectivity index (χ2v) is 5.57. The maximum absolute atomic E-state index is 11.0. The Morgan fingerprint density at radius 1 is 1.24 bits per heavy atom. The number of nitrogens with zero attached hydrogens (tertiary/aromatic N) is 2. The van der Waals surface area contributed by atoms with Crippen molar-refractivity contribution in [3.05, 3.63) is 46.9 Å². The van der Waals surface area contributed by atoms with Crippen molar-refractivity contribution in [2.45, 2.75) is 47.1 Å². The van der Waals surface area contributed by atoms with E-state index in [9.17, 15) is 4.79 Å². The molecule has 0 fully saturated rings. The van der Waals surface area contributed by atoms with E-state index in [0.717, 1.165) is 28.5 Å². The second kappa shape index (κ2) is 6.12. The summed E-state index contributed by atoms with van der Waals surface area (Å²) in [6, 6.07) is 8.28. The Kier molecular flexibility index (Phi) is 4.46. The van der Waals surface area contributed by atoms with Crippen molar-refractivity contribution >= 4 is 5.97 Å². The molecule has 0 aliphatic carbocycles. The van der Waals surface area contributed by atoms with E-state index in [1.807, 2.05) is 13.0 Å². The van der Waals surface area contributed by atoms with Crippen LogP contribution in [0.25, 0.3) is 5.82 Å². The molecule has 0 radical (unpaired) electrons. The molecule has 0 spiro atoms. The van der Waals surface area contributed by atoms with Crippen LogP contribution in [0, 0.1) is 20.8 Å². The predicted octanol–water partition coefficient (Wildman–Crippen LogP) is 3.29. The van der Waals surface area contributed by atoms with Crippen LogP contribution in [0.1, 0.15) is 36.5 Å². The van der Waals surface area contributed by atoms with Crippen LogP contribution in [0.4, 0.5) is 0 Å². The first-order valence-electron chi connectivity index (χ1n) is 7.17. The molecule has 0 saturated carbocycles. The van der Waals surface area contributed by atoms with Gasteiger partial charge in [-0.3, -0.25) is 4.79 Å². The number of hydrogen-bond donors (Lipinski definition) is 0. The second-order valence-electron chi connectivity index (χ2n) is 5.57. The molecule has 2 aromatic rings. The van der Waals surface area contributed by atoms with Crippen molar-refractivity contribution in [2.75, 3.05) is 0 Å². The standard InChI is InChI=1S/C17H22N2O2/c1-11-8-16(10-14(4)21-15(5)20)18-17(9-11)19-12(2)6-7-13(19)3/h6-9,14H,10H2,1-5H3. The normalized spacial score (nSPS) is 12.2. The van der Waals surface area contributed by atoms with E-state index in [2.05, 4.69) is 43.5 Å². The molecule has 0 amide bonds. The van der Waals surface area contributed by atoms with Crippen molar-refractivity contribution in [2.24, 2.45) is 0 Å². The van der Waals surface area contributed by atoms with Crippen molar-refractivity contribution in [3.8, 4) is 5.82 Å². The van der Waals surface area contributed by atoms with Crippen LogP contribution in [0.5, 0.6) is 0 Å². The summed E-state index contributed by atoms with van der Waals surface area (Å²) in [4.78, 5) is 15.7. The van der Waals surface area contributed by atoms with Gasteiger partial charge in [-0.05, 0) is 57.5 Å². The van der Waals surface area contributed by atoms with Crippen LogP contribution in [0.2, 0.25) is 0 Å². The summed E-state index contributed by atoms with van der Waals surface area (Å²) in [6.07, 6.45) is 0.449. The first-order valence-corrected chi connectivity index (χ1v) is 7.17. The Balaban J connectivity index is 2.32. The lowest BCUT2D eigenvalue weighted by atomic mass is 10.1. The number of esters is 1. The lowest BCUT2D eigenvalue weighted by molar-refractivity contribution is -0.145. The van der Waals surface area contributed by atoms with Gasteiger partial charge in [0.05, 0.1) is 0 Å². The molecule has 1 atom stereocenters. The van der Waals surface area contributed by atoms with E-state index < -0.39 is 0 Å². The molecule has 21 heavy (non-hydrogen) atoms. The van der Waals surface area contributed by atoms with Crippen molar-refractivity contribution in [1.82, 2.24) is 9.55 Å². The zero-order valence-electron chi connectivity index (χ0n) is 13.3. The Hall–Kier alpha value is -2.10. The first-order chi connectivity index (χ1) is 9.86. The van der Waals surface area contributed by atoms with Gasteiger partial charge >= 0.3 is 5.97 Å². The van der Waals surface area contributed by atoms with Gasteiger partial charge in [0.2, 0.25) is 0 Å². The highest BCUT2D eigenvalue weighted by Crippen LogP contribution is 2.17. The van der Waals surface area contributed by atoms with E-state index in [-0.39, 0.29) is 12.1 Å². The molecule has 0 N–H and O–H groups in total. The van der Waals surface area contributed by atoms with Crippen LogP contribution in [0.3, 0.4) is 0 Å². The first kappa shape index (κ1) is 15.3. The van der Waals surface area contributed by atoms with Gasteiger partial charge in [0.15, 0.2) is 0 Å². The molecule has 1 unspecified atom stereocenters. The predicted molar refractivity (Wildman–Crippen MR) is 82.7 cm³/mol. The molecule has 4 heteroatoms. The average molecular weight is 286 g/mol. The van der Waals surface area contributed by atoms with Crippen molar-refractivity contribution in [3.63, 3.8) is 0 Å². The smallest absolute Gasteiger partial charge is 0.302 e. The summed E-state index contributed by atoms with van der Waals surface area (Å²) in [5.74, 6) is 0.660. The largest absolute Gasteiger partial charge is 0.462 e. The third-order valence-corrected chi connectivity index (χ3v) is 3.37. The molecule has 112 valence electrons. The SMILES string of the molecule is CC(=O)OC(C)Cc1cc(C)cc(-n2c(C)ccc2C)n1. The minimum absolute atomic E-state index is 0.170. The maximum Gasteiger partial charge on any atom is 0.302 e. The molecule has 2 aromatic heterocycles. The van der Waals surface area contributed by atoms with E-state index in [0.29, 0.717) is 6.42 Å². The quantitative estimate of drug-likeness (QED) is 0.810. The molecule has 4 nitrogen and oxygen atoms in total. The molecule has 0 aliphatic rings. The number of hydrogen-bond acceptors (Lipinski definition) is 3. The highest BCUT2D eigenvalue weighted by molar-refractivity contribution is 5.66. The summed E-state index contributed by atoms with van der Waals surface area (Å²) in [5.41, 5.74) is 4.40. The minimum Gasteiger partial charge on any atom is -0.462 e. The topological polar surface area (TPSA) is 44.1 Å². The van der Waals surface area contributed by atoms with E-state index in [1.165, 1.54) is 6.92 Å². The summed E-state index contributed by atoms with van der Waals surface area (Å²) in [6.45, 7) is 9.51. The molecule has 0 aliphatic heterocycles. The Bertz CT molecular complexity index is 639. The number of pyridine rings is 1. The summed E-state index contributed by atoms with van der Waals surface area (Å²) >= 11 is 0. The Morgan fingerprint density at radius 3 is 2.43 bits per heavy atom. The molecule has 2 heterocycles. The van der Waals surface area contributed by atoms with E-state index >= 15 is 0 Å². The Labute approximate surface area is 125 Å². The van der Waals surface area contributed by atoms with Gasteiger partial charge in [0.1, 0.15) is 11.9 Å². The monoisotopic (exact) mass is 286 g/mol. The van der Waals surface area contributed by atoms with Crippen molar-refractivity contribution in [1.29, 1.82) is 0 Å². The molecule has 0 aromatic carbocycles. The number of carbonyl (C=O) groups excluding carboxylic acids is 1. The van der Waals surface area contributed by atoms with E-state index in [1.54, 1.807) is 0 Å². The number of rotatable bonds is 4. The van der Waals surface area contributed by atoms with Gasteiger partial charge in [-0.1, -0.05) is 0 Å². The van der Waals surface area contributed by atoms with Crippen LogP contribution in [0.15, 0.2) is 24.3 Å². The molecule has 0 saturated heterocycles. The maximum atomic E-state index is 11.0. The fourth-order valence-electron chi connectivity index (χ4n) is 2.59. The number of carbonyl (C=O) groups is 1. The zero-order chi connectivity index (χ0) is 15.6. The highest BCUT2D eigenvalue weighted by atomic mass is 16.5. The zero-order valence-corrected chi connectivity index (χ0v) is 13.3. The van der Waals surface area contributed by atoms with Crippen LogP contribution < -0.4 is 0 Å². The third kappa shape index (κ3) is 3.72. The number of aryl methyl sites for hydroxylation is 3. The van der Waals surface area contributed by atoms with Gasteiger partial charge in [0.25, 0.3) is 0 Å². The molecule has 2 rings (SSSR count). The van der Waals surface area contributed by atoms with Gasteiger partial charge in [-0.15, -0.1) is 0 Å². The lowest BCUT2D eigenvalue weighted by Gasteiger charge is -2.14. The van der Waals surface area contributed by atoms with Gasteiger partial charge < -0.3 is 9.30 Å². The minimum atomic E-state index is -0.257. The van der Waals surface area contributed by atoms with Crippen LogP contribution in [-0.2, 0) is 16.0 Å². The number of ether oxygens (including phenoxy) is 1. The van der Waals surface area contributed by atoms with Crippen molar-refractivity contribution < 1.29 is 9.53 Å². The van der Waals surface area contributed by atoms with Crippen LogP contribution >= 0.6 is 0 Å². The lowest BCUT2D eigenvalue weighted by Crippen LogP contribution is -2.16. The highest BCUT2D eigenvalue weighted by Gasteiger charge is 2.11. The fraction of sp³-hybridized carbons (Fsp3) is 0.412. The van der Waals surface area contributed by atoms with Gasteiger partial charge in [0, 0.05) is 30.4 Å². The summed E-state index contributed by atoms with van der Waals surface area (Å²) in [7, 11) is 0. The van der Waals surface area contributed by atoms with Gasteiger partial charge in [-0.2, -0.15) is 0 Å².